The summed E-state index contributed by atoms with van der Waals surface area (Å²) in [6, 6.07) is 5.81. The van der Waals surface area contributed by atoms with Gasteiger partial charge in [0, 0.05) is 37.2 Å². The Labute approximate surface area is 156 Å². The van der Waals surface area contributed by atoms with Crippen molar-refractivity contribution in [2.75, 3.05) is 13.2 Å². The minimum absolute atomic E-state index is 0.00492. The van der Waals surface area contributed by atoms with Crippen LogP contribution < -0.4 is 4.74 Å². The van der Waals surface area contributed by atoms with Crippen molar-refractivity contribution in [3.8, 4) is 17.0 Å². The summed E-state index contributed by atoms with van der Waals surface area (Å²) in [5, 5.41) is 11.7. The van der Waals surface area contributed by atoms with Crippen LogP contribution in [0.3, 0.4) is 0 Å². The highest BCUT2D eigenvalue weighted by atomic mass is 16.5. The third-order valence-corrected chi connectivity index (χ3v) is 5.44. The Morgan fingerprint density at radius 1 is 1.26 bits per heavy atom. The monoisotopic (exact) mass is 364 g/mol. The quantitative estimate of drug-likeness (QED) is 0.756. The molecule has 0 saturated heterocycles. The Bertz CT molecular complexity index is 1030. The minimum atomic E-state index is 0.00492. The zero-order valence-corrected chi connectivity index (χ0v) is 15.3. The van der Waals surface area contributed by atoms with Crippen LogP contribution in [0.5, 0.6) is 5.75 Å². The van der Waals surface area contributed by atoms with E-state index in [9.17, 15) is 4.79 Å². The van der Waals surface area contributed by atoms with E-state index in [1.807, 2.05) is 36.9 Å². The van der Waals surface area contributed by atoms with Gasteiger partial charge in [-0.05, 0) is 25.5 Å². The molecule has 0 saturated carbocycles. The molecule has 27 heavy (non-hydrogen) atoms. The fraction of sp³-hybridized carbons (Fsp3) is 0.350. The average Bonchev–Trinajstić information content (AvgIpc) is 3.39. The number of hydrogen-bond acceptors (Lipinski definition) is 5. The molecule has 0 bridgehead atoms. The Morgan fingerprint density at radius 2 is 2.15 bits per heavy atom. The number of rotatable bonds is 2. The summed E-state index contributed by atoms with van der Waals surface area (Å²) in [6.07, 6.45) is 1.60. The Hall–Kier alpha value is -3.09. The first-order valence-corrected chi connectivity index (χ1v) is 9.17. The molecule has 0 atom stereocenters. The molecule has 0 spiro atoms. The van der Waals surface area contributed by atoms with Gasteiger partial charge in [0.25, 0.3) is 5.91 Å². The maximum Gasteiger partial charge on any atom is 0.257 e. The van der Waals surface area contributed by atoms with Gasteiger partial charge < -0.3 is 14.2 Å². The van der Waals surface area contributed by atoms with Gasteiger partial charge in [-0.25, -0.2) is 0 Å². The molecule has 2 aliphatic rings. The molecule has 2 aromatic heterocycles. The van der Waals surface area contributed by atoms with Gasteiger partial charge in [-0.2, -0.15) is 5.10 Å². The van der Waals surface area contributed by atoms with Crippen LogP contribution in [0.25, 0.3) is 11.3 Å². The first kappa shape index (κ1) is 16.1. The van der Waals surface area contributed by atoms with Crippen LogP contribution >= 0.6 is 0 Å². The van der Waals surface area contributed by atoms with Gasteiger partial charge in [-0.3, -0.25) is 9.89 Å². The van der Waals surface area contributed by atoms with Crippen molar-refractivity contribution in [3.63, 3.8) is 0 Å². The van der Waals surface area contributed by atoms with Crippen LogP contribution in [0.15, 0.2) is 22.7 Å². The van der Waals surface area contributed by atoms with Crippen LogP contribution in [0.2, 0.25) is 0 Å². The number of carbonyl (C=O) groups is 1. The van der Waals surface area contributed by atoms with Crippen molar-refractivity contribution >= 4 is 5.91 Å². The molecule has 2 aliphatic heterocycles. The molecule has 1 amide bonds. The van der Waals surface area contributed by atoms with E-state index in [0.717, 1.165) is 58.1 Å². The number of fused-ring (bicyclic) bond motifs is 2. The normalized spacial score (nSPS) is 15.4. The number of ether oxygens (including phenoxy) is 1. The van der Waals surface area contributed by atoms with Crippen molar-refractivity contribution in [2.45, 2.75) is 33.2 Å². The highest BCUT2D eigenvalue weighted by molar-refractivity contribution is 5.97. The van der Waals surface area contributed by atoms with Gasteiger partial charge in [0.15, 0.2) is 0 Å². The van der Waals surface area contributed by atoms with Gasteiger partial charge in [0.1, 0.15) is 17.2 Å². The largest absolute Gasteiger partial charge is 0.492 e. The SMILES string of the molecule is Cc1noc(C)c1-c1n[nH]c2c1CN(C(=O)c1cccc3c1OCC3)CC2. The van der Waals surface area contributed by atoms with Crippen LogP contribution in [0.4, 0.5) is 0 Å². The molecule has 0 unspecified atom stereocenters. The van der Waals surface area contributed by atoms with E-state index in [1.54, 1.807) is 0 Å². The zero-order valence-electron chi connectivity index (χ0n) is 15.3. The third kappa shape index (κ3) is 2.45. The van der Waals surface area contributed by atoms with Gasteiger partial charge >= 0.3 is 0 Å². The fourth-order valence-electron chi connectivity index (χ4n) is 4.05. The first-order chi connectivity index (χ1) is 13.1. The number of aromatic amines is 1. The van der Waals surface area contributed by atoms with Gasteiger partial charge in [-0.15, -0.1) is 0 Å². The van der Waals surface area contributed by atoms with Gasteiger partial charge in [-0.1, -0.05) is 17.3 Å². The number of hydrogen-bond donors (Lipinski definition) is 1. The Kier molecular flexibility index (Phi) is 3.56. The lowest BCUT2D eigenvalue weighted by atomic mass is 9.99. The maximum atomic E-state index is 13.2. The van der Waals surface area contributed by atoms with E-state index in [2.05, 4.69) is 15.4 Å². The second-order valence-corrected chi connectivity index (χ2v) is 7.10. The number of para-hydroxylation sites is 1. The summed E-state index contributed by atoms with van der Waals surface area (Å²) in [4.78, 5) is 15.1. The molecular formula is C20H20N4O3. The van der Waals surface area contributed by atoms with E-state index in [-0.39, 0.29) is 5.91 Å². The second kappa shape index (κ2) is 5.97. The molecule has 0 fully saturated rings. The molecule has 0 aliphatic carbocycles. The van der Waals surface area contributed by atoms with Gasteiger partial charge in [0.2, 0.25) is 0 Å². The van der Waals surface area contributed by atoms with Crippen LogP contribution in [-0.2, 0) is 19.4 Å². The summed E-state index contributed by atoms with van der Waals surface area (Å²) in [7, 11) is 0. The molecule has 138 valence electrons. The van der Waals surface area contributed by atoms with Crippen molar-refractivity contribution in [3.05, 3.63) is 52.0 Å². The third-order valence-electron chi connectivity index (χ3n) is 5.44. The van der Waals surface area contributed by atoms with E-state index >= 15 is 0 Å². The van der Waals surface area contributed by atoms with Crippen molar-refractivity contribution < 1.29 is 14.1 Å². The number of aryl methyl sites for hydroxylation is 2. The van der Waals surface area contributed by atoms with E-state index in [1.165, 1.54) is 0 Å². The Morgan fingerprint density at radius 3 is 2.96 bits per heavy atom. The van der Waals surface area contributed by atoms with Crippen LogP contribution in [0, 0.1) is 13.8 Å². The lowest BCUT2D eigenvalue weighted by Crippen LogP contribution is -2.36. The number of nitrogens with zero attached hydrogens (tertiary/aromatic N) is 3. The average molecular weight is 364 g/mol. The standard InChI is InChI=1S/C20H20N4O3/c1-11-17(12(2)27-23-11)18-15-10-24(8-6-16(15)21-22-18)20(25)14-5-3-4-13-7-9-26-19(13)14/h3-5H,6-10H2,1-2H3,(H,21,22). The second-order valence-electron chi connectivity index (χ2n) is 7.10. The number of nitrogens with one attached hydrogen (secondary N) is 1. The molecule has 7 heteroatoms. The maximum absolute atomic E-state index is 13.2. The molecule has 3 aromatic rings. The highest BCUT2D eigenvalue weighted by Crippen LogP contribution is 2.34. The molecule has 5 rings (SSSR count). The van der Waals surface area contributed by atoms with Crippen molar-refractivity contribution in [2.24, 2.45) is 0 Å². The smallest absolute Gasteiger partial charge is 0.257 e. The number of H-pyrrole nitrogens is 1. The molecule has 1 aromatic carbocycles. The predicted molar refractivity (Wildman–Crippen MR) is 97.6 cm³/mol. The number of carbonyl (C=O) groups excluding carboxylic acids is 1. The molecule has 0 radical (unpaired) electrons. The predicted octanol–water partition coefficient (Wildman–Crippen LogP) is 2.81. The number of amides is 1. The van der Waals surface area contributed by atoms with Crippen LogP contribution in [-0.4, -0.2) is 39.3 Å². The molecule has 4 heterocycles. The van der Waals surface area contributed by atoms with E-state index in [0.29, 0.717) is 25.3 Å². The minimum Gasteiger partial charge on any atom is -0.492 e. The van der Waals surface area contributed by atoms with Crippen molar-refractivity contribution in [1.29, 1.82) is 0 Å². The molecular weight excluding hydrogens is 344 g/mol. The van der Waals surface area contributed by atoms with Crippen LogP contribution in [0.1, 0.15) is 38.6 Å². The summed E-state index contributed by atoms with van der Waals surface area (Å²) in [5.74, 6) is 1.48. The van der Waals surface area contributed by atoms with Gasteiger partial charge in [0.05, 0.1) is 23.4 Å². The van der Waals surface area contributed by atoms with Crippen molar-refractivity contribution in [1.82, 2.24) is 20.3 Å². The molecule has 7 nitrogen and oxygen atoms in total. The molecule has 1 N–H and O–H groups in total. The fourth-order valence-corrected chi connectivity index (χ4v) is 4.05. The summed E-state index contributed by atoms with van der Waals surface area (Å²) >= 11 is 0. The topological polar surface area (TPSA) is 84.3 Å². The number of aromatic nitrogens is 3. The lowest BCUT2D eigenvalue weighted by Gasteiger charge is -2.27. The Balaban J connectivity index is 1.49. The van der Waals surface area contributed by atoms with E-state index in [4.69, 9.17) is 9.26 Å². The lowest BCUT2D eigenvalue weighted by molar-refractivity contribution is 0.0731. The summed E-state index contributed by atoms with van der Waals surface area (Å²) in [5.41, 5.74) is 6.41. The highest BCUT2D eigenvalue weighted by Gasteiger charge is 2.30. The zero-order chi connectivity index (χ0) is 18.5. The first-order valence-electron chi connectivity index (χ1n) is 9.17. The number of benzene rings is 1. The summed E-state index contributed by atoms with van der Waals surface area (Å²) < 4.78 is 11.0. The van der Waals surface area contributed by atoms with E-state index < -0.39 is 0 Å². The summed E-state index contributed by atoms with van der Waals surface area (Å²) in [6.45, 7) is 5.59.